The minimum absolute atomic E-state index is 0.831. The van der Waals surface area contributed by atoms with Gasteiger partial charge in [0.15, 0.2) is 0 Å². The molecule has 182 valence electrons. The SMILES string of the molecule is c1ccc(Cn2c3ccc4ccccc4c3c3c4c(ccc5[nH]c6ccc7ccccc7c6c54)ccc32)cc1. The van der Waals surface area contributed by atoms with Gasteiger partial charge in [-0.3, -0.25) is 0 Å². The fourth-order valence-electron chi connectivity index (χ4n) is 6.85. The predicted molar refractivity (Wildman–Crippen MR) is 167 cm³/mol. The molecular weight excluding hydrogens is 472 g/mol. The summed E-state index contributed by atoms with van der Waals surface area (Å²) in [6, 6.07) is 46.6. The van der Waals surface area contributed by atoms with Crippen LogP contribution in [0.5, 0.6) is 0 Å². The summed E-state index contributed by atoms with van der Waals surface area (Å²) in [6.07, 6.45) is 0. The number of hydrogen-bond acceptors (Lipinski definition) is 0. The third-order valence-electron chi connectivity index (χ3n) is 8.53. The van der Waals surface area contributed by atoms with Crippen molar-refractivity contribution in [1.82, 2.24) is 9.55 Å². The van der Waals surface area contributed by atoms with Gasteiger partial charge in [-0.2, -0.15) is 0 Å². The second kappa shape index (κ2) is 7.72. The van der Waals surface area contributed by atoms with Crippen LogP contribution < -0.4 is 0 Å². The summed E-state index contributed by atoms with van der Waals surface area (Å²) in [4.78, 5) is 3.75. The first-order chi connectivity index (χ1) is 19.3. The van der Waals surface area contributed by atoms with Gasteiger partial charge in [-0.25, -0.2) is 0 Å². The fraction of sp³-hybridized carbons (Fsp3) is 0.0270. The number of nitrogens with zero attached hydrogens (tertiary/aromatic N) is 1. The van der Waals surface area contributed by atoms with Crippen LogP contribution in [0.2, 0.25) is 0 Å². The van der Waals surface area contributed by atoms with Gasteiger partial charge in [-0.05, 0) is 56.8 Å². The molecule has 0 bridgehead atoms. The van der Waals surface area contributed by atoms with E-state index in [1.165, 1.54) is 81.5 Å². The van der Waals surface area contributed by atoms with E-state index in [9.17, 15) is 0 Å². The molecule has 0 unspecified atom stereocenters. The standard InChI is InChI=1S/C37H24N2/c1-2-8-23(9-3-1)22-39-31-20-16-25-11-5-7-13-28(25)35(31)37-32(39)21-17-26-15-19-30-36(33(26)37)34-27-12-6-4-10-24(27)14-18-29(34)38-30/h1-21,38H,22H2. The third-order valence-corrected chi connectivity index (χ3v) is 8.53. The number of aromatic nitrogens is 2. The number of rotatable bonds is 2. The second-order valence-electron chi connectivity index (χ2n) is 10.6. The average Bonchev–Trinajstić information content (AvgIpc) is 3.54. The van der Waals surface area contributed by atoms with Crippen LogP contribution in [0, 0.1) is 0 Å². The molecule has 1 N–H and O–H groups in total. The van der Waals surface area contributed by atoms with Crippen molar-refractivity contribution >= 4 is 75.9 Å². The Kier molecular flexibility index (Phi) is 4.14. The van der Waals surface area contributed by atoms with Crippen LogP contribution in [0.3, 0.4) is 0 Å². The quantitative estimate of drug-likeness (QED) is 0.246. The summed E-state index contributed by atoms with van der Waals surface area (Å²) >= 11 is 0. The van der Waals surface area contributed by atoms with Crippen LogP contribution >= 0.6 is 0 Å². The van der Waals surface area contributed by atoms with E-state index >= 15 is 0 Å². The molecule has 0 aliphatic heterocycles. The Morgan fingerprint density at radius 3 is 1.74 bits per heavy atom. The molecule has 0 aliphatic carbocycles. The van der Waals surface area contributed by atoms with E-state index in [0.29, 0.717) is 0 Å². The lowest BCUT2D eigenvalue weighted by Gasteiger charge is -2.09. The summed E-state index contributed by atoms with van der Waals surface area (Å²) in [5.41, 5.74) is 6.24. The zero-order valence-corrected chi connectivity index (χ0v) is 21.3. The summed E-state index contributed by atoms with van der Waals surface area (Å²) in [7, 11) is 0. The molecule has 2 heterocycles. The van der Waals surface area contributed by atoms with Crippen molar-refractivity contribution in [2.24, 2.45) is 0 Å². The molecule has 2 nitrogen and oxygen atoms in total. The molecule has 0 aliphatic rings. The van der Waals surface area contributed by atoms with E-state index in [-0.39, 0.29) is 0 Å². The minimum Gasteiger partial charge on any atom is -0.354 e. The predicted octanol–water partition coefficient (Wildman–Crippen LogP) is 9.94. The first-order valence-electron chi connectivity index (χ1n) is 13.6. The van der Waals surface area contributed by atoms with Crippen LogP contribution in [-0.4, -0.2) is 9.55 Å². The van der Waals surface area contributed by atoms with Crippen LogP contribution in [-0.2, 0) is 6.54 Å². The smallest absolute Gasteiger partial charge is 0.0501 e. The van der Waals surface area contributed by atoms with E-state index in [0.717, 1.165) is 6.54 Å². The van der Waals surface area contributed by atoms with Crippen LogP contribution in [0.4, 0.5) is 0 Å². The highest BCUT2D eigenvalue weighted by molar-refractivity contribution is 6.37. The first kappa shape index (κ1) is 20.9. The molecule has 7 aromatic carbocycles. The fourth-order valence-corrected chi connectivity index (χ4v) is 6.85. The van der Waals surface area contributed by atoms with E-state index in [1.807, 2.05) is 0 Å². The Morgan fingerprint density at radius 1 is 0.410 bits per heavy atom. The highest BCUT2D eigenvalue weighted by Gasteiger charge is 2.20. The molecule has 9 rings (SSSR count). The zero-order chi connectivity index (χ0) is 25.5. The van der Waals surface area contributed by atoms with E-state index in [2.05, 4.69) is 137 Å². The van der Waals surface area contributed by atoms with Gasteiger partial charge in [0.2, 0.25) is 0 Å². The lowest BCUT2D eigenvalue weighted by atomic mass is 9.95. The van der Waals surface area contributed by atoms with Crippen molar-refractivity contribution in [3.05, 3.63) is 133 Å². The summed E-state index contributed by atoms with van der Waals surface area (Å²) in [5.74, 6) is 0. The Morgan fingerprint density at radius 2 is 0.974 bits per heavy atom. The Hall–Kier alpha value is -5.08. The van der Waals surface area contributed by atoms with Crippen LogP contribution in [0.25, 0.3) is 75.9 Å². The van der Waals surface area contributed by atoms with Gasteiger partial charge >= 0.3 is 0 Å². The Bertz CT molecular complexity index is 2410. The number of benzene rings is 7. The van der Waals surface area contributed by atoms with Crippen LogP contribution in [0.1, 0.15) is 5.56 Å². The molecule has 0 atom stereocenters. The maximum absolute atomic E-state index is 3.75. The molecule has 0 spiro atoms. The molecule has 2 heteroatoms. The third kappa shape index (κ3) is 2.86. The second-order valence-corrected chi connectivity index (χ2v) is 10.6. The number of aromatic amines is 1. The van der Waals surface area contributed by atoms with Gasteiger partial charge in [-0.15, -0.1) is 0 Å². The van der Waals surface area contributed by atoms with Crippen molar-refractivity contribution in [2.75, 3.05) is 0 Å². The highest BCUT2D eigenvalue weighted by atomic mass is 15.0. The maximum Gasteiger partial charge on any atom is 0.0501 e. The van der Waals surface area contributed by atoms with E-state index in [1.54, 1.807) is 0 Å². The van der Waals surface area contributed by atoms with Gasteiger partial charge in [-0.1, -0.05) is 103 Å². The molecular formula is C37H24N2. The van der Waals surface area contributed by atoms with E-state index in [4.69, 9.17) is 0 Å². The van der Waals surface area contributed by atoms with Gasteiger partial charge < -0.3 is 9.55 Å². The minimum atomic E-state index is 0.831. The molecule has 0 amide bonds. The first-order valence-corrected chi connectivity index (χ1v) is 13.6. The molecule has 0 fully saturated rings. The Balaban J connectivity index is 1.56. The van der Waals surface area contributed by atoms with Gasteiger partial charge in [0.1, 0.15) is 0 Å². The van der Waals surface area contributed by atoms with Crippen molar-refractivity contribution < 1.29 is 0 Å². The Labute approximate surface area is 224 Å². The molecule has 9 aromatic rings. The zero-order valence-electron chi connectivity index (χ0n) is 21.3. The number of H-pyrrole nitrogens is 1. The number of hydrogen-bond donors (Lipinski definition) is 1. The monoisotopic (exact) mass is 496 g/mol. The van der Waals surface area contributed by atoms with Crippen molar-refractivity contribution in [3.8, 4) is 0 Å². The van der Waals surface area contributed by atoms with Crippen molar-refractivity contribution in [2.45, 2.75) is 6.54 Å². The van der Waals surface area contributed by atoms with Crippen molar-refractivity contribution in [1.29, 1.82) is 0 Å². The lowest BCUT2D eigenvalue weighted by Crippen LogP contribution is -1.99. The van der Waals surface area contributed by atoms with Gasteiger partial charge in [0, 0.05) is 44.5 Å². The molecule has 39 heavy (non-hydrogen) atoms. The summed E-state index contributed by atoms with van der Waals surface area (Å²) in [6.45, 7) is 0.831. The summed E-state index contributed by atoms with van der Waals surface area (Å²) < 4.78 is 2.51. The van der Waals surface area contributed by atoms with Crippen molar-refractivity contribution in [3.63, 3.8) is 0 Å². The van der Waals surface area contributed by atoms with E-state index < -0.39 is 0 Å². The topological polar surface area (TPSA) is 20.7 Å². The largest absolute Gasteiger partial charge is 0.354 e. The lowest BCUT2D eigenvalue weighted by molar-refractivity contribution is 0.869. The average molecular weight is 497 g/mol. The molecule has 0 saturated carbocycles. The van der Waals surface area contributed by atoms with Crippen LogP contribution in [0.15, 0.2) is 127 Å². The molecule has 0 radical (unpaired) electrons. The van der Waals surface area contributed by atoms with Gasteiger partial charge in [0.25, 0.3) is 0 Å². The number of nitrogens with one attached hydrogen (secondary N) is 1. The summed E-state index contributed by atoms with van der Waals surface area (Å²) in [5, 5.41) is 13.1. The number of fused-ring (bicyclic) bond motifs is 13. The highest BCUT2D eigenvalue weighted by Crippen LogP contribution is 2.44. The normalized spacial score (nSPS) is 12.2. The maximum atomic E-state index is 3.75. The molecule has 2 aromatic heterocycles. The molecule has 0 saturated heterocycles. The van der Waals surface area contributed by atoms with Gasteiger partial charge in [0.05, 0.1) is 11.0 Å².